The summed E-state index contributed by atoms with van der Waals surface area (Å²) in [5, 5.41) is 25.8. The Labute approximate surface area is 170 Å². The van der Waals surface area contributed by atoms with Gasteiger partial charge in [-0.2, -0.15) is 5.10 Å². The van der Waals surface area contributed by atoms with Crippen LogP contribution in [0.25, 0.3) is 22.4 Å². The van der Waals surface area contributed by atoms with Gasteiger partial charge in [-0.05, 0) is 66.7 Å². The number of nitrogens with zero attached hydrogens (tertiary/aromatic N) is 3. The van der Waals surface area contributed by atoms with Crippen LogP contribution < -0.4 is 4.74 Å². The van der Waals surface area contributed by atoms with E-state index in [9.17, 15) is 5.11 Å². The Morgan fingerprint density at radius 3 is 2.45 bits per heavy atom. The molecule has 6 nitrogen and oxygen atoms in total. The molecule has 6 heteroatoms. The molecule has 1 aromatic carbocycles. The van der Waals surface area contributed by atoms with E-state index in [2.05, 4.69) is 34.2 Å². The number of benzene rings is 1. The van der Waals surface area contributed by atoms with Gasteiger partial charge in [-0.25, -0.2) is 0 Å². The molecule has 2 N–H and O–H groups in total. The molecule has 3 aromatic rings. The van der Waals surface area contributed by atoms with E-state index in [1.54, 1.807) is 18.5 Å². The molecule has 150 valence electrons. The Morgan fingerprint density at radius 2 is 1.83 bits per heavy atom. The van der Waals surface area contributed by atoms with Crippen LogP contribution in [0, 0.1) is 10.8 Å². The van der Waals surface area contributed by atoms with Crippen molar-refractivity contribution in [1.82, 2.24) is 20.4 Å². The molecular formula is C23H26N4O2. The second kappa shape index (κ2) is 6.58. The normalized spacial score (nSPS) is 28.4. The number of phenols is 1. The zero-order valence-corrected chi connectivity index (χ0v) is 16.9. The van der Waals surface area contributed by atoms with Gasteiger partial charge >= 0.3 is 0 Å². The van der Waals surface area contributed by atoms with E-state index in [1.165, 1.54) is 19.3 Å². The van der Waals surface area contributed by atoms with E-state index in [0.29, 0.717) is 28.0 Å². The van der Waals surface area contributed by atoms with Gasteiger partial charge in [0.05, 0.1) is 11.9 Å². The lowest BCUT2D eigenvalue weighted by atomic mass is 9.69. The van der Waals surface area contributed by atoms with Crippen molar-refractivity contribution in [1.29, 1.82) is 0 Å². The molecule has 5 rings (SSSR count). The van der Waals surface area contributed by atoms with Gasteiger partial charge in [0, 0.05) is 23.4 Å². The van der Waals surface area contributed by atoms with Crippen molar-refractivity contribution < 1.29 is 9.84 Å². The third kappa shape index (κ3) is 3.48. The van der Waals surface area contributed by atoms with Gasteiger partial charge in [-0.1, -0.05) is 19.9 Å². The van der Waals surface area contributed by atoms with E-state index < -0.39 is 0 Å². The monoisotopic (exact) mass is 390 g/mol. The van der Waals surface area contributed by atoms with Gasteiger partial charge in [-0.3, -0.25) is 5.10 Å². The van der Waals surface area contributed by atoms with Crippen molar-refractivity contribution in [3.05, 3.63) is 42.7 Å². The fraction of sp³-hybridized carbons (Fsp3) is 0.435. The molecule has 0 aliphatic heterocycles. The summed E-state index contributed by atoms with van der Waals surface area (Å²) in [5.41, 5.74) is 3.87. The summed E-state index contributed by atoms with van der Waals surface area (Å²) in [4.78, 5) is 0. The average Bonchev–Trinajstić information content (AvgIpc) is 3.28. The second-order valence-corrected chi connectivity index (χ2v) is 9.42. The van der Waals surface area contributed by atoms with Crippen molar-refractivity contribution in [3.8, 4) is 34.0 Å². The summed E-state index contributed by atoms with van der Waals surface area (Å²) >= 11 is 0. The molecule has 2 saturated carbocycles. The van der Waals surface area contributed by atoms with E-state index in [-0.39, 0.29) is 11.9 Å². The molecule has 1 unspecified atom stereocenters. The Bertz CT molecular complexity index is 1000. The molecule has 0 amide bonds. The van der Waals surface area contributed by atoms with Crippen LogP contribution in [0.4, 0.5) is 0 Å². The first-order valence-corrected chi connectivity index (χ1v) is 10.2. The molecule has 0 spiro atoms. The zero-order valence-electron chi connectivity index (χ0n) is 16.9. The maximum atomic E-state index is 10.5. The molecule has 2 aromatic heterocycles. The fourth-order valence-electron chi connectivity index (χ4n) is 5.45. The molecule has 2 bridgehead atoms. The lowest BCUT2D eigenvalue weighted by molar-refractivity contribution is 0.0401. The molecule has 2 aliphatic rings. The molecule has 0 saturated heterocycles. The molecule has 3 atom stereocenters. The number of aromatic nitrogens is 4. The molecule has 2 fully saturated rings. The fourth-order valence-corrected chi connectivity index (χ4v) is 5.45. The summed E-state index contributed by atoms with van der Waals surface area (Å²) < 4.78 is 6.21. The van der Waals surface area contributed by atoms with Crippen LogP contribution in [-0.2, 0) is 0 Å². The predicted octanol–water partition coefficient (Wildman–Crippen LogP) is 4.98. The number of ether oxygens (including phenoxy) is 1. The third-order valence-corrected chi connectivity index (χ3v) is 6.66. The molecule has 0 radical (unpaired) electrons. The number of rotatable bonds is 4. The Hall–Kier alpha value is -2.89. The first-order chi connectivity index (χ1) is 13.9. The van der Waals surface area contributed by atoms with Gasteiger partial charge in [0.1, 0.15) is 11.9 Å². The minimum Gasteiger partial charge on any atom is -0.507 e. The Morgan fingerprint density at radius 1 is 1.03 bits per heavy atom. The Balaban J connectivity index is 1.32. The highest BCUT2D eigenvalue weighted by atomic mass is 16.5. The number of phenolic OH excluding ortho intramolecular Hbond substituents is 1. The van der Waals surface area contributed by atoms with Crippen molar-refractivity contribution in [2.45, 2.75) is 52.1 Å². The number of hydrogen-bond donors (Lipinski definition) is 2. The highest BCUT2D eigenvalue weighted by molar-refractivity contribution is 5.73. The van der Waals surface area contributed by atoms with Gasteiger partial charge in [0.15, 0.2) is 0 Å². The highest BCUT2D eigenvalue weighted by Crippen LogP contribution is 2.58. The lowest BCUT2D eigenvalue weighted by Crippen LogP contribution is -2.36. The number of nitrogens with one attached hydrogen (secondary N) is 1. The van der Waals surface area contributed by atoms with Crippen molar-refractivity contribution in [2.75, 3.05) is 0 Å². The van der Waals surface area contributed by atoms with Crippen LogP contribution in [0.1, 0.15) is 46.0 Å². The molecular weight excluding hydrogens is 364 g/mol. The first-order valence-electron chi connectivity index (χ1n) is 10.2. The standard InChI is InChI=1S/C23H26N4O2/c1-22-7-8-23(2,14-22)11-17(10-22)29-21-6-5-19(26-27-21)18-4-3-15(9-20(18)28)16-12-24-25-13-16/h3-6,9,12-13,17,28H,7-8,10-11,14H2,1-2H3,(H,24,25)/t17-,22-,23?/m1/s1. The molecule has 2 heterocycles. The topological polar surface area (TPSA) is 83.9 Å². The van der Waals surface area contributed by atoms with Crippen LogP contribution >= 0.6 is 0 Å². The van der Waals surface area contributed by atoms with Gasteiger partial charge in [0.2, 0.25) is 5.88 Å². The van der Waals surface area contributed by atoms with Crippen molar-refractivity contribution >= 4 is 0 Å². The SMILES string of the molecule is CC12CC[C@](C)(C[C@@H](Oc3ccc(-c4ccc(-c5cn[nH]c5)cc4O)nn3)C1)C2. The number of H-pyrrole nitrogens is 1. The van der Waals surface area contributed by atoms with Crippen molar-refractivity contribution in [2.24, 2.45) is 10.8 Å². The van der Waals surface area contributed by atoms with Gasteiger partial charge < -0.3 is 9.84 Å². The quantitative estimate of drug-likeness (QED) is 0.656. The third-order valence-electron chi connectivity index (χ3n) is 6.66. The smallest absolute Gasteiger partial charge is 0.233 e. The maximum Gasteiger partial charge on any atom is 0.233 e. The number of hydrogen-bond acceptors (Lipinski definition) is 5. The Kier molecular flexibility index (Phi) is 4.12. The predicted molar refractivity (Wildman–Crippen MR) is 110 cm³/mol. The van der Waals surface area contributed by atoms with E-state index >= 15 is 0 Å². The maximum absolute atomic E-state index is 10.5. The summed E-state index contributed by atoms with van der Waals surface area (Å²) in [5.74, 6) is 0.720. The molecule has 2 aliphatic carbocycles. The first kappa shape index (κ1) is 18.2. The lowest BCUT2D eigenvalue weighted by Gasteiger charge is -2.39. The number of aromatic amines is 1. The minimum absolute atomic E-state index is 0.163. The largest absolute Gasteiger partial charge is 0.507 e. The van der Waals surface area contributed by atoms with E-state index in [4.69, 9.17) is 4.74 Å². The van der Waals surface area contributed by atoms with Crippen molar-refractivity contribution in [3.63, 3.8) is 0 Å². The van der Waals surface area contributed by atoms with Crippen LogP contribution in [0.5, 0.6) is 11.6 Å². The van der Waals surface area contributed by atoms with E-state index in [1.807, 2.05) is 24.3 Å². The minimum atomic E-state index is 0.163. The highest BCUT2D eigenvalue weighted by Gasteiger charge is 2.49. The summed E-state index contributed by atoms with van der Waals surface area (Å²) in [6.45, 7) is 4.77. The second-order valence-electron chi connectivity index (χ2n) is 9.42. The van der Waals surface area contributed by atoms with Crippen LogP contribution in [0.3, 0.4) is 0 Å². The number of fused-ring (bicyclic) bond motifs is 2. The summed E-state index contributed by atoms with van der Waals surface area (Å²) in [6, 6.07) is 9.21. The summed E-state index contributed by atoms with van der Waals surface area (Å²) in [6.07, 6.45) is 9.77. The molecule has 29 heavy (non-hydrogen) atoms. The van der Waals surface area contributed by atoms with Gasteiger partial charge in [0.25, 0.3) is 0 Å². The average molecular weight is 390 g/mol. The van der Waals surface area contributed by atoms with Crippen LogP contribution in [-0.4, -0.2) is 31.6 Å². The van der Waals surface area contributed by atoms with Gasteiger partial charge in [-0.15, -0.1) is 10.2 Å². The zero-order chi connectivity index (χ0) is 20.1. The van der Waals surface area contributed by atoms with Crippen LogP contribution in [0.15, 0.2) is 42.7 Å². The number of aromatic hydroxyl groups is 1. The van der Waals surface area contributed by atoms with Crippen LogP contribution in [0.2, 0.25) is 0 Å². The summed E-state index contributed by atoms with van der Waals surface area (Å²) in [7, 11) is 0. The van der Waals surface area contributed by atoms with E-state index in [0.717, 1.165) is 24.0 Å².